The van der Waals surface area contributed by atoms with Gasteiger partial charge in [0.2, 0.25) is 0 Å². The standard InChI is InChI=1S/C28H29BrN2O.C24H18BrNO2.C24H20BrNO.C4H10BrN/c1-21-6-4-5-7-26(21)31-27(16-17-28(31)24-12-14-25(29)15-13-24)23-10-8-22(9-11-23)20-32-19-18-30(2)3;1-16-4-2-3-5-21(16)26-22(17-6-8-19(9-7-17)24(27)28)14-15-23(26)18-10-12-20(25)13-11-18;1-17-4-2-3-5-22(17)26-23(19-8-6-18(16-27)7-9-19)14-15-24(26)20-10-12-21(25)13-11-20;1-6(2)4-3-5/h4-17H,18-20H2,1-3H3;2-15H,1H3,(H,27,28);2-15,27H,16H2,1H3;3-4H2,1-2H3. The number of aromatic carboxylic acids is 1. The molecule has 13 heteroatoms. The van der Waals surface area contributed by atoms with Crippen LogP contribution in [0.25, 0.3) is 84.6 Å². The highest BCUT2D eigenvalue weighted by molar-refractivity contribution is 9.11. The molecule has 0 amide bonds. The number of nitrogens with zero attached hydrogens (tertiary/aromatic N) is 5. The molecular weight excluding hydrogens is 1410 g/mol. The normalized spacial score (nSPS) is 10.9. The summed E-state index contributed by atoms with van der Waals surface area (Å²) in [6, 6.07) is 87.2. The molecule has 0 fully saturated rings. The number of aromatic nitrogens is 3. The number of benzene rings is 9. The number of aliphatic hydroxyl groups is 1. The van der Waals surface area contributed by atoms with Crippen molar-refractivity contribution in [2.45, 2.75) is 34.0 Å². The maximum Gasteiger partial charge on any atom is 0.335 e. The molecule has 0 spiro atoms. The van der Waals surface area contributed by atoms with E-state index in [0.717, 1.165) is 89.2 Å². The van der Waals surface area contributed by atoms with E-state index in [1.165, 1.54) is 61.7 Å². The van der Waals surface area contributed by atoms with Crippen LogP contribution in [-0.2, 0) is 18.0 Å². The van der Waals surface area contributed by atoms with Crippen LogP contribution in [0.5, 0.6) is 0 Å². The molecule has 0 unspecified atom stereocenters. The van der Waals surface area contributed by atoms with Gasteiger partial charge in [-0.15, -0.1) is 0 Å². The molecule has 9 aromatic carbocycles. The van der Waals surface area contributed by atoms with Crippen LogP contribution < -0.4 is 0 Å². The third-order valence-corrected chi connectivity index (χ3v) is 17.7. The summed E-state index contributed by atoms with van der Waals surface area (Å²) in [6.45, 7) is 9.89. The number of carboxylic acids is 1. The van der Waals surface area contributed by atoms with E-state index in [-0.39, 0.29) is 12.2 Å². The number of likely N-dealkylation sites (N-methyl/N-ethyl adjacent to an activating group) is 1. The fourth-order valence-corrected chi connectivity index (χ4v) is 12.2. The Morgan fingerprint density at radius 3 is 0.925 bits per heavy atom. The van der Waals surface area contributed by atoms with E-state index in [2.05, 4.69) is 330 Å². The summed E-state index contributed by atoms with van der Waals surface area (Å²) < 4.78 is 15.9. The first-order valence-electron chi connectivity index (χ1n) is 30.7. The van der Waals surface area contributed by atoms with Gasteiger partial charge in [0.25, 0.3) is 0 Å². The topological polar surface area (TPSA) is 88.0 Å². The van der Waals surface area contributed by atoms with Crippen LogP contribution in [0.15, 0.2) is 268 Å². The van der Waals surface area contributed by atoms with Gasteiger partial charge in [0.1, 0.15) is 0 Å². The number of halogens is 4. The van der Waals surface area contributed by atoms with E-state index in [4.69, 9.17) is 4.74 Å². The van der Waals surface area contributed by atoms with Crippen molar-refractivity contribution < 1.29 is 19.7 Å². The van der Waals surface area contributed by atoms with E-state index in [1.807, 2.05) is 48.5 Å². The molecule has 93 heavy (non-hydrogen) atoms. The highest BCUT2D eigenvalue weighted by atomic mass is 79.9. The lowest BCUT2D eigenvalue weighted by atomic mass is 10.1. The molecule has 9 nitrogen and oxygen atoms in total. The van der Waals surface area contributed by atoms with Crippen LogP contribution in [0.4, 0.5) is 0 Å². The Balaban J connectivity index is 0.000000158. The number of aryl methyl sites for hydroxylation is 3. The van der Waals surface area contributed by atoms with Crippen molar-refractivity contribution in [3.63, 3.8) is 0 Å². The second kappa shape index (κ2) is 33.8. The molecule has 0 aliphatic carbocycles. The molecule has 0 saturated carbocycles. The fraction of sp³-hybridized carbons (Fsp3) is 0.163. The Kier molecular flexibility index (Phi) is 25.2. The first-order chi connectivity index (χ1) is 45.0. The molecule has 0 aliphatic heterocycles. The number of alkyl halides is 1. The van der Waals surface area contributed by atoms with Crippen LogP contribution in [0.3, 0.4) is 0 Å². The summed E-state index contributed by atoms with van der Waals surface area (Å²) in [5, 5.41) is 19.6. The maximum absolute atomic E-state index is 11.2. The molecule has 0 saturated heterocycles. The number of hydrogen-bond donors (Lipinski definition) is 2. The fourth-order valence-electron chi connectivity index (χ4n) is 10.7. The minimum atomic E-state index is -0.920. The van der Waals surface area contributed by atoms with Gasteiger partial charge in [0.05, 0.1) is 59.5 Å². The molecule has 474 valence electrons. The van der Waals surface area contributed by atoms with Crippen LogP contribution >= 0.6 is 63.7 Å². The average Bonchev–Trinajstić information content (AvgIpc) is 1.73. The number of carboxylic acid groups (broad SMARTS) is 1. The van der Waals surface area contributed by atoms with Gasteiger partial charge in [-0.05, 0) is 213 Å². The number of para-hydroxylation sites is 3. The summed E-state index contributed by atoms with van der Waals surface area (Å²) in [5.41, 5.74) is 23.0. The van der Waals surface area contributed by atoms with Gasteiger partial charge in [0.15, 0.2) is 0 Å². The van der Waals surface area contributed by atoms with Gasteiger partial charge >= 0.3 is 5.97 Å². The molecule has 0 aliphatic rings. The van der Waals surface area contributed by atoms with E-state index >= 15 is 0 Å². The molecule has 12 rings (SSSR count). The largest absolute Gasteiger partial charge is 0.478 e. The van der Waals surface area contributed by atoms with Crippen LogP contribution in [-0.4, -0.2) is 92.9 Å². The first kappa shape index (κ1) is 69.4. The lowest BCUT2D eigenvalue weighted by molar-refractivity contribution is 0.0696. The predicted molar refractivity (Wildman–Crippen MR) is 401 cm³/mol. The smallest absolute Gasteiger partial charge is 0.335 e. The zero-order valence-electron chi connectivity index (χ0n) is 53.5. The van der Waals surface area contributed by atoms with Gasteiger partial charge in [-0.25, -0.2) is 4.79 Å². The summed E-state index contributed by atoms with van der Waals surface area (Å²) in [7, 11) is 8.23. The second-order valence-corrected chi connectivity index (χ2v) is 26.5. The third kappa shape index (κ3) is 18.3. The van der Waals surface area contributed by atoms with Crippen LogP contribution in [0, 0.1) is 20.8 Å². The lowest BCUT2D eigenvalue weighted by Gasteiger charge is -2.17. The Morgan fingerprint density at radius 2 is 0.667 bits per heavy atom. The highest BCUT2D eigenvalue weighted by Gasteiger charge is 2.19. The SMILES string of the molecule is CN(C)CCBr.Cc1ccccc1-n1c(-c2ccc(Br)cc2)ccc1-c1ccc(C(=O)O)cc1.Cc1ccccc1-n1c(-c2ccc(Br)cc2)ccc1-c1ccc(CO)cc1.Cc1ccccc1-n1c(-c2ccc(Br)cc2)ccc1-c1ccc(COCCN(C)C)cc1. The Labute approximate surface area is 581 Å². The average molecular weight is 1490 g/mol. The molecule has 12 aromatic rings. The molecular formula is C80H77Br4N5O4. The van der Waals surface area contributed by atoms with Crippen LogP contribution in [0.1, 0.15) is 38.2 Å². The van der Waals surface area contributed by atoms with Gasteiger partial charge in [-0.1, -0.05) is 215 Å². The van der Waals surface area contributed by atoms with Gasteiger partial charge < -0.3 is 38.5 Å². The minimum Gasteiger partial charge on any atom is -0.478 e. The Bertz CT molecular complexity index is 4340. The molecule has 0 radical (unpaired) electrons. The van der Waals surface area contributed by atoms with E-state index in [9.17, 15) is 15.0 Å². The molecule has 3 aromatic heterocycles. The summed E-state index contributed by atoms with van der Waals surface area (Å²) in [6.07, 6.45) is 0. The quantitative estimate of drug-likeness (QED) is 0.0657. The summed E-state index contributed by atoms with van der Waals surface area (Å²) >= 11 is 13.9. The summed E-state index contributed by atoms with van der Waals surface area (Å²) in [5.74, 6) is -0.920. The van der Waals surface area contributed by atoms with Crippen molar-refractivity contribution in [2.24, 2.45) is 0 Å². The summed E-state index contributed by atoms with van der Waals surface area (Å²) in [4.78, 5) is 15.5. The van der Waals surface area contributed by atoms with E-state index in [1.54, 1.807) is 12.1 Å². The third-order valence-electron chi connectivity index (χ3n) is 15.7. The zero-order chi connectivity index (χ0) is 66.0. The lowest BCUT2D eigenvalue weighted by Crippen LogP contribution is -2.17. The monoisotopic (exact) mass is 1490 g/mol. The minimum absolute atomic E-state index is 0.0588. The predicted octanol–water partition coefficient (Wildman–Crippen LogP) is 20.9. The number of hydrogen-bond acceptors (Lipinski definition) is 5. The van der Waals surface area contributed by atoms with Crippen molar-refractivity contribution in [1.29, 1.82) is 0 Å². The first-order valence-corrected chi connectivity index (χ1v) is 34.2. The highest BCUT2D eigenvalue weighted by Crippen LogP contribution is 2.38. The van der Waals surface area contributed by atoms with Gasteiger partial charge in [-0.3, -0.25) is 0 Å². The van der Waals surface area contributed by atoms with Crippen molar-refractivity contribution in [2.75, 3.05) is 53.2 Å². The Hall–Kier alpha value is -7.95. The Morgan fingerprint density at radius 1 is 0.387 bits per heavy atom. The van der Waals surface area contributed by atoms with Crippen molar-refractivity contribution in [3.05, 3.63) is 302 Å². The van der Waals surface area contributed by atoms with Crippen molar-refractivity contribution >= 4 is 69.7 Å². The van der Waals surface area contributed by atoms with E-state index in [0.29, 0.717) is 6.61 Å². The van der Waals surface area contributed by atoms with E-state index < -0.39 is 5.97 Å². The number of carbonyl (C=O) groups is 1. The zero-order valence-corrected chi connectivity index (χ0v) is 59.8. The molecule has 3 heterocycles. The van der Waals surface area contributed by atoms with Crippen molar-refractivity contribution in [3.8, 4) is 84.6 Å². The van der Waals surface area contributed by atoms with Gasteiger partial charge in [-0.2, -0.15) is 0 Å². The van der Waals surface area contributed by atoms with Crippen molar-refractivity contribution in [1.82, 2.24) is 23.5 Å². The molecule has 0 atom stereocenters. The van der Waals surface area contributed by atoms with Gasteiger partial charge in [0, 0.05) is 48.9 Å². The molecule has 2 N–H and O–H groups in total. The molecule has 0 bridgehead atoms. The second-order valence-electron chi connectivity index (χ2n) is 23.0. The number of rotatable bonds is 18. The number of aliphatic hydroxyl groups excluding tert-OH is 1. The number of ether oxygens (including phenoxy) is 1. The van der Waals surface area contributed by atoms with Crippen LogP contribution in [0.2, 0.25) is 0 Å². The maximum atomic E-state index is 11.2.